The highest BCUT2D eigenvalue weighted by Gasteiger charge is 2.09. The Labute approximate surface area is 125 Å². The lowest BCUT2D eigenvalue weighted by molar-refractivity contribution is -0.121. The highest BCUT2D eigenvalue weighted by Crippen LogP contribution is 2.13. The number of carbonyl (C=O) groups excluding carboxylic acids is 1. The van der Waals surface area contributed by atoms with E-state index in [-0.39, 0.29) is 17.8 Å². The fraction of sp³-hybridized carbons (Fsp3) is 0.278. The second kappa shape index (κ2) is 7.02. The molecule has 0 aliphatic carbocycles. The largest absolute Gasteiger partial charge is 0.350 e. The summed E-state index contributed by atoms with van der Waals surface area (Å²) in [6.45, 7) is 4.01. The van der Waals surface area contributed by atoms with Crippen LogP contribution in [0.3, 0.4) is 0 Å². The van der Waals surface area contributed by atoms with Gasteiger partial charge in [-0.3, -0.25) is 4.79 Å². The Hall–Kier alpha value is -2.16. The van der Waals surface area contributed by atoms with Gasteiger partial charge >= 0.3 is 0 Å². The molecule has 0 aliphatic heterocycles. The number of benzene rings is 2. The van der Waals surface area contributed by atoms with Crippen molar-refractivity contribution in [3.8, 4) is 0 Å². The van der Waals surface area contributed by atoms with Crippen LogP contribution < -0.4 is 5.32 Å². The van der Waals surface area contributed by atoms with Crippen LogP contribution in [-0.2, 0) is 11.2 Å². The molecule has 1 atom stereocenters. The van der Waals surface area contributed by atoms with Crippen LogP contribution in [-0.4, -0.2) is 5.91 Å². The van der Waals surface area contributed by atoms with E-state index in [1.165, 1.54) is 17.7 Å². The average Bonchev–Trinajstić information content (AvgIpc) is 2.47. The van der Waals surface area contributed by atoms with E-state index in [2.05, 4.69) is 5.32 Å². The number of nitrogens with one attached hydrogen (secondary N) is 1. The molecule has 0 radical (unpaired) electrons. The van der Waals surface area contributed by atoms with Crippen LogP contribution in [0.25, 0.3) is 0 Å². The van der Waals surface area contributed by atoms with Crippen molar-refractivity contribution in [2.24, 2.45) is 0 Å². The van der Waals surface area contributed by atoms with Gasteiger partial charge in [0.15, 0.2) is 0 Å². The number of aryl methyl sites for hydroxylation is 2. The number of amides is 1. The maximum Gasteiger partial charge on any atom is 0.220 e. The van der Waals surface area contributed by atoms with Gasteiger partial charge in [-0.1, -0.05) is 42.0 Å². The Balaban J connectivity index is 1.83. The van der Waals surface area contributed by atoms with Crippen LogP contribution in [0.15, 0.2) is 48.5 Å². The molecule has 0 saturated carbocycles. The quantitative estimate of drug-likeness (QED) is 0.885. The van der Waals surface area contributed by atoms with E-state index in [0.29, 0.717) is 12.8 Å². The van der Waals surface area contributed by atoms with Gasteiger partial charge in [0.05, 0.1) is 6.04 Å². The summed E-state index contributed by atoms with van der Waals surface area (Å²) in [5.74, 6) is -0.247. The molecule has 0 heterocycles. The first kappa shape index (κ1) is 15.2. The summed E-state index contributed by atoms with van der Waals surface area (Å²) in [5.41, 5.74) is 3.26. The zero-order valence-electron chi connectivity index (χ0n) is 12.4. The molecule has 2 nitrogen and oxygen atoms in total. The van der Waals surface area contributed by atoms with Gasteiger partial charge in [0, 0.05) is 6.42 Å². The molecule has 1 N–H and O–H groups in total. The highest BCUT2D eigenvalue weighted by atomic mass is 19.1. The van der Waals surface area contributed by atoms with Crippen LogP contribution in [0.5, 0.6) is 0 Å². The van der Waals surface area contributed by atoms with Crippen molar-refractivity contribution < 1.29 is 9.18 Å². The molecule has 3 heteroatoms. The maximum atomic E-state index is 12.8. The Morgan fingerprint density at radius 2 is 1.71 bits per heavy atom. The van der Waals surface area contributed by atoms with Gasteiger partial charge in [0.1, 0.15) is 5.82 Å². The first-order valence-corrected chi connectivity index (χ1v) is 7.15. The van der Waals surface area contributed by atoms with E-state index < -0.39 is 0 Å². The third-order valence-corrected chi connectivity index (χ3v) is 3.51. The molecular weight excluding hydrogens is 265 g/mol. The predicted molar refractivity (Wildman–Crippen MR) is 82.5 cm³/mol. The molecule has 0 fully saturated rings. The van der Waals surface area contributed by atoms with Crippen LogP contribution in [0.4, 0.5) is 4.39 Å². The molecule has 110 valence electrons. The van der Waals surface area contributed by atoms with Gasteiger partial charge in [-0.15, -0.1) is 0 Å². The summed E-state index contributed by atoms with van der Waals surface area (Å²) in [7, 11) is 0. The lowest BCUT2D eigenvalue weighted by atomic mass is 10.1. The zero-order chi connectivity index (χ0) is 15.2. The minimum absolute atomic E-state index is 0.00685. The van der Waals surface area contributed by atoms with Crippen molar-refractivity contribution >= 4 is 5.91 Å². The normalized spacial score (nSPS) is 12.0. The zero-order valence-corrected chi connectivity index (χ0v) is 12.4. The van der Waals surface area contributed by atoms with Crippen molar-refractivity contribution in [2.75, 3.05) is 0 Å². The molecule has 0 saturated heterocycles. The topological polar surface area (TPSA) is 29.1 Å². The summed E-state index contributed by atoms with van der Waals surface area (Å²) >= 11 is 0. The molecule has 0 spiro atoms. The number of carbonyl (C=O) groups is 1. The molecule has 0 unspecified atom stereocenters. The molecule has 0 aromatic heterocycles. The Morgan fingerprint density at radius 3 is 2.33 bits per heavy atom. The Kier molecular flexibility index (Phi) is 5.09. The van der Waals surface area contributed by atoms with E-state index in [0.717, 1.165) is 11.1 Å². The number of hydrogen-bond acceptors (Lipinski definition) is 1. The molecule has 2 aromatic rings. The minimum atomic E-state index is -0.254. The van der Waals surface area contributed by atoms with E-state index in [1.807, 2.05) is 38.1 Å². The maximum absolute atomic E-state index is 12.8. The SMILES string of the molecule is Cc1ccc([C@@H](C)NC(=O)CCc2ccc(F)cc2)cc1. The smallest absolute Gasteiger partial charge is 0.220 e. The first-order valence-electron chi connectivity index (χ1n) is 7.15. The van der Waals surface area contributed by atoms with Gasteiger partial charge in [-0.25, -0.2) is 4.39 Å². The standard InChI is InChI=1S/C18H20FNO/c1-13-3-8-16(9-4-13)14(2)20-18(21)12-7-15-5-10-17(19)11-6-15/h3-6,8-11,14H,7,12H2,1-2H3,(H,20,21)/t14-/m1/s1. The molecule has 0 bridgehead atoms. The third-order valence-electron chi connectivity index (χ3n) is 3.51. The van der Waals surface area contributed by atoms with Gasteiger partial charge < -0.3 is 5.32 Å². The summed E-state index contributed by atoms with van der Waals surface area (Å²) < 4.78 is 12.8. The fourth-order valence-corrected chi connectivity index (χ4v) is 2.16. The second-order valence-electron chi connectivity index (χ2n) is 5.33. The van der Waals surface area contributed by atoms with Crippen molar-refractivity contribution in [3.63, 3.8) is 0 Å². The molecule has 21 heavy (non-hydrogen) atoms. The molecule has 2 aromatic carbocycles. The lowest BCUT2D eigenvalue weighted by Gasteiger charge is -2.14. The molecular formula is C18H20FNO. The van der Waals surface area contributed by atoms with Crippen LogP contribution in [0.2, 0.25) is 0 Å². The van der Waals surface area contributed by atoms with E-state index in [1.54, 1.807) is 12.1 Å². The predicted octanol–water partition coefficient (Wildman–Crippen LogP) is 3.94. The average molecular weight is 285 g/mol. The van der Waals surface area contributed by atoms with Crippen LogP contribution >= 0.6 is 0 Å². The lowest BCUT2D eigenvalue weighted by Crippen LogP contribution is -2.26. The van der Waals surface area contributed by atoms with E-state index in [4.69, 9.17) is 0 Å². The highest BCUT2D eigenvalue weighted by molar-refractivity contribution is 5.76. The minimum Gasteiger partial charge on any atom is -0.350 e. The van der Waals surface area contributed by atoms with Crippen molar-refractivity contribution in [3.05, 3.63) is 71.0 Å². The molecule has 1 amide bonds. The fourth-order valence-electron chi connectivity index (χ4n) is 2.16. The molecule has 0 aliphatic rings. The van der Waals surface area contributed by atoms with Crippen LogP contribution in [0, 0.1) is 12.7 Å². The van der Waals surface area contributed by atoms with Crippen molar-refractivity contribution in [1.29, 1.82) is 0 Å². The van der Waals surface area contributed by atoms with Gasteiger partial charge in [0.25, 0.3) is 0 Å². The van der Waals surface area contributed by atoms with E-state index in [9.17, 15) is 9.18 Å². The summed E-state index contributed by atoms with van der Waals surface area (Å²) in [5, 5.41) is 2.98. The second-order valence-corrected chi connectivity index (χ2v) is 5.33. The van der Waals surface area contributed by atoms with Crippen molar-refractivity contribution in [1.82, 2.24) is 5.32 Å². The van der Waals surface area contributed by atoms with Gasteiger partial charge in [-0.2, -0.15) is 0 Å². The van der Waals surface area contributed by atoms with Gasteiger partial charge in [-0.05, 0) is 43.5 Å². The monoisotopic (exact) mass is 285 g/mol. The summed E-state index contributed by atoms with van der Waals surface area (Å²) in [4.78, 5) is 11.9. The van der Waals surface area contributed by atoms with Crippen molar-refractivity contribution in [2.45, 2.75) is 32.7 Å². The summed E-state index contributed by atoms with van der Waals surface area (Å²) in [6.07, 6.45) is 1.02. The Morgan fingerprint density at radius 1 is 1.10 bits per heavy atom. The number of halogens is 1. The number of hydrogen-bond donors (Lipinski definition) is 1. The third kappa shape index (κ3) is 4.71. The van der Waals surface area contributed by atoms with Crippen LogP contribution in [0.1, 0.15) is 36.1 Å². The summed E-state index contributed by atoms with van der Waals surface area (Å²) in [6, 6.07) is 14.4. The molecule has 2 rings (SSSR count). The van der Waals surface area contributed by atoms with Gasteiger partial charge in [0.2, 0.25) is 5.91 Å². The first-order chi connectivity index (χ1) is 10.0. The Bertz CT molecular complexity index is 590. The van der Waals surface area contributed by atoms with E-state index >= 15 is 0 Å². The number of rotatable bonds is 5.